The third-order valence-electron chi connectivity index (χ3n) is 2.82. The van der Waals surface area contributed by atoms with E-state index in [0.29, 0.717) is 11.3 Å². The Morgan fingerprint density at radius 2 is 2.11 bits per heavy atom. The molecule has 0 aliphatic carbocycles. The number of hydrogen-bond acceptors (Lipinski definition) is 4. The van der Waals surface area contributed by atoms with Gasteiger partial charge in [-0.3, -0.25) is 4.79 Å². The average molecular weight is 260 g/mol. The first kappa shape index (κ1) is 14.8. The van der Waals surface area contributed by atoms with Crippen molar-refractivity contribution in [2.45, 2.75) is 13.3 Å². The Bertz CT molecular complexity index is 491. The van der Waals surface area contributed by atoms with Gasteiger partial charge in [0, 0.05) is 20.6 Å². The smallest absolute Gasteiger partial charge is 0.241 e. The molecule has 0 fully saturated rings. The Morgan fingerprint density at radius 3 is 2.63 bits per heavy atom. The normalized spacial score (nSPS) is 9.79. The number of hydrogen-bond donors (Lipinski definition) is 1. The molecule has 0 saturated heterocycles. The summed E-state index contributed by atoms with van der Waals surface area (Å²) in [6.45, 7) is 3.02. The van der Waals surface area contributed by atoms with Gasteiger partial charge in [0.15, 0.2) is 0 Å². The molecule has 0 saturated carbocycles. The summed E-state index contributed by atoms with van der Waals surface area (Å²) >= 11 is 0. The van der Waals surface area contributed by atoms with E-state index in [1.807, 2.05) is 11.8 Å². The molecule has 1 aromatic rings. The SMILES string of the molecule is CCCN(CC(=O)N(C)C)c1cc(C#N)ccc1N. The standard InChI is InChI=1S/C14H20N4O/c1-4-7-18(10-14(19)17(2)3)13-8-11(9-15)5-6-12(13)16/h5-6,8H,4,7,10,16H2,1-3H3. The van der Waals surface area contributed by atoms with E-state index in [4.69, 9.17) is 11.0 Å². The van der Waals surface area contributed by atoms with Crippen molar-refractivity contribution in [2.75, 3.05) is 37.8 Å². The van der Waals surface area contributed by atoms with Crippen LogP contribution in [0.4, 0.5) is 11.4 Å². The molecule has 1 aromatic carbocycles. The van der Waals surface area contributed by atoms with Gasteiger partial charge in [0.1, 0.15) is 0 Å². The van der Waals surface area contributed by atoms with E-state index in [1.54, 1.807) is 37.2 Å². The molecule has 0 atom stereocenters. The number of likely N-dealkylation sites (N-methyl/N-ethyl adjacent to an activating group) is 1. The predicted molar refractivity (Wildman–Crippen MR) is 76.8 cm³/mol. The maximum atomic E-state index is 11.8. The number of anilines is 2. The molecule has 0 aromatic heterocycles. The van der Waals surface area contributed by atoms with E-state index < -0.39 is 0 Å². The zero-order valence-corrected chi connectivity index (χ0v) is 11.7. The Hall–Kier alpha value is -2.22. The van der Waals surface area contributed by atoms with Gasteiger partial charge in [0.05, 0.1) is 29.6 Å². The summed E-state index contributed by atoms with van der Waals surface area (Å²) in [5, 5.41) is 8.95. The second-order valence-corrected chi connectivity index (χ2v) is 4.60. The number of nitrogen functional groups attached to an aromatic ring is 1. The topological polar surface area (TPSA) is 73.4 Å². The van der Waals surface area contributed by atoms with E-state index >= 15 is 0 Å². The van der Waals surface area contributed by atoms with Crippen LogP contribution in [0.15, 0.2) is 18.2 Å². The highest BCUT2D eigenvalue weighted by molar-refractivity contribution is 5.83. The first-order chi connectivity index (χ1) is 8.99. The molecule has 1 rings (SSSR count). The summed E-state index contributed by atoms with van der Waals surface area (Å²) in [7, 11) is 3.45. The number of carbonyl (C=O) groups excluding carboxylic acids is 1. The van der Waals surface area contributed by atoms with Crippen LogP contribution in [0.1, 0.15) is 18.9 Å². The fraction of sp³-hybridized carbons (Fsp3) is 0.429. The van der Waals surface area contributed by atoms with Crippen molar-refractivity contribution in [3.8, 4) is 6.07 Å². The lowest BCUT2D eigenvalue weighted by atomic mass is 10.1. The highest BCUT2D eigenvalue weighted by atomic mass is 16.2. The molecule has 0 spiro atoms. The second kappa shape index (κ2) is 6.64. The molecule has 0 heterocycles. The number of carbonyl (C=O) groups is 1. The predicted octanol–water partition coefficient (Wildman–Crippen LogP) is 1.45. The van der Waals surface area contributed by atoms with Gasteiger partial charge in [-0.25, -0.2) is 0 Å². The third kappa shape index (κ3) is 3.88. The van der Waals surface area contributed by atoms with Crippen molar-refractivity contribution in [1.82, 2.24) is 4.90 Å². The lowest BCUT2D eigenvalue weighted by molar-refractivity contribution is -0.127. The Balaban J connectivity index is 3.05. The Labute approximate surface area is 114 Å². The van der Waals surface area contributed by atoms with Gasteiger partial charge in [-0.05, 0) is 24.6 Å². The van der Waals surface area contributed by atoms with E-state index in [0.717, 1.165) is 18.7 Å². The van der Waals surface area contributed by atoms with Crippen LogP contribution < -0.4 is 10.6 Å². The third-order valence-corrected chi connectivity index (χ3v) is 2.82. The monoisotopic (exact) mass is 260 g/mol. The van der Waals surface area contributed by atoms with Gasteiger partial charge >= 0.3 is 0 Å². The Morgan fingerprint density at radius 1 is 1.42 bits per heavy atom. The van der Waals surface area contributed by atoms with Crippen molar-refractivity contribution >= 4 is 17.3 Å². The van der Waals surface area contributed by atoms with E-state index in [9.17, 15) is 4.79 Å². The molecule has 1 amide bonds. The minimum absolute atomic E-state index is 0.00945. The number of nitrogens with zero attached hydrogens (tertiary/aromatic N) is 3. The van der Waals surface area contributed by atoms with E-state index in [1.165, 1.54) is 0 Å². The van der Waals surface area contributed by atoms with Crippen LogP contribution in [0.25, 0.3) is 0 Å². The van der Waals surface area contributed by atoms with Gasteiger partial charge in [-0.1, -0.05) is 6.92 Å². The van der Waals surface area contributed by atoms with Gasteiger partial charge in [-0.2, -0.15) is 5.26 Å². The molecule has 19 heavy (non-hydrogen) atoms. The summed E-state index contributed by atoms with van der Waals surface area (Å²) in [6, 6.07) is 7.20. The fourth-order valence-electron chi connectivity index (χ4n) is 1.75. The summed E-state index contributed by atoms with van der Waals surface area (Å²) in [5.74, 6) is 0.00945. The summed E-state index contributed by atoms with van der Waals surface area (Å²) in [4.78, 5) is 15.3. The molecule has 0 bridgehead atoms. The molecule has 5 heteroatoms. The number of amides is 1. The van der Waals surface area contributed by atoms with Gasteiger partial charge in [0.2, 0.25) is 5.91 Å². The van der Waals surface area contributed by atoms with Crippen molar-refractivity contribution in [3.05, 3.63) is 23.8 Å². The molecular formula is C14H20N4O. The molecule has 0 aliphatic heterocycles. The van der Waals surface area contributed by atoms with Crippen LogP contribution in [-0.4, -0.2) is 38.0 Å². The first-order valence-electron chi connectivity index (χ1n) is 6.24. The number of nitrogens with two attached hydrogens (primary N) is 1. The first-order valence-corrected chi connectivity index (χ1v) is 6.24. The van der Waals surface area contributed by atoms with Crippen LogP contribution in [0, 0.1) is 11.3 Å². The van der Waals surface area contributed by atoms with Gasteiger partial charge < -0.3 is 15.5 Å². The van der Waals surface area contributed by atoms with Crippen molar-refractivity contribution in [1.29, 1.82) is 5.26 Å². The molecule has 102 valence electrons. The van der Waals surface area contributed by atoms with Crippen LogP contribution >= 0.6 is 0 Å². The summed E-state index contributed by atoms with van der Waals surface area (Å²) in [6.07, 6.45) is 0.900. The number of benzene rings is 1. The van der Waals surface area contributed by atoms with Gasteiger partial charge in [0.25, 0.3) is 0 Å². The maximum absolute atomic E-state index is 11.8. The molecular weight excluding hydrogens is 240 g/mol. The Kier molecular flexibility index (Phi) is 5.19. The fourth-order valence-corrected chi connectivity index (χ4v) is 1.75. The molecule has 2 N–H and O–H groups in total. The summed E-state index contributed by atoms with van der Waals surface area (Å²) in [5.41, 5.74) is 7.82. The van der Waals surface area contributed by atoms with Crippen molar-refractivity contribution < 1.29 is 4.79 Å². The number of nitriles is 1. The molecule has 5 nitrogen and oxygen atoms in total. The number of rotatable bonds is 5. The molecule has 0 unspecified atom stereocenters. The minimum atomic E-state index is 0.00945. The lowest BCUT2D eigenvalue weighted by Crippen LogP contribution is -2.37. The second-order valence-electron chi connectivity index (χ2n) is 4.60. The van der Waals surface area contributed by atoms with Crippen LogP contribution in [-0.2, 0) is 4.79 Å². The van der Waals surface area contributed by atoms with Crippen LogP contribution in [0.5, 0.6) is 0 Å². The van der Waals surface area contributed by atoms with E-state index in [-0.39, 0.29) is 12.5 Å². The lowest BCUT2D eigenvalue weighted by Gasteiger charge is -2.26. The van der Waals surface area contributed by atoms with Crippen molar-refractivity contribution in [2.24, 2.45) is 0 Å². The molecule has 0 aliphatic rings. The minimum Gasteiger partial charge on any atom is -0.397 e. The average Bonchev–Trinajstić information content (AvgIpc) is 2.38. The van der Waals surface area contributed by atoms with Crippen LogP contribution in [0.2, 0.25) is 0 Å². The quantitative estimate of drug-likeness (QED) is 0.813. The highest BCUT2D eigenvalue weighted by Gasteiger charge is 2.15. The maximum Gasteiger partial charge on any atom is 0.241 e. The van der Waals surface area contributed by atoms with Gasteiger partial charge in [-0.15, -0.1) is 0 Å². The van der Waals surface area contributed by atoms with E-state index in [2.05, 4.69) is 6.07 Å². The van der Waals surface area contributed by atoms with Crippen LogP contribution in [0.3, 0.4) is 0 Å². The zero-order chi connectivity index (χ0) is 14.4. The molecule has 0 radical (unpaired) electrons. The largest absolute Gasteiger partial charge is 0.397 e. The summed E-state index contributed by atoms with van der Waals surface area (Å²) < 4.78 is 0. The zero-order valence-electron chi connectivity index (χ0n) is 11.7. The van der Waals surface area contributed by atoms with Crippen molar-refractivity contribution in [3.63, 3.8) is 0 Å². The highest BCUT2D eigenvalue weighted by Crippen LogP contribution is 2.24.